The van der Waals surface area contributed by atoms with Crippen LogP contribution in [0.3, 0.4) is 0 Å². The van der Waals surface area contributed by atoms with Crippen molar-refractivity contribution in [1.82, 2.24) is 15.2 Å². The van der Waals surface area contributed by atoms with Gasteiger partial charge in [0, 0.05) is 33.1 Å². The molecule has 2 fully saturated rings. The second kappa shape index (κ2) is 9.50. The summed E-state index contributed by atoms with van der Waals surface area (Å²) in [6.45, 7) is 3.86. The van der Waals surface area contributed by atoms with Gasteiger partial charge in [-0.1, -0.05) is 0 Å². The van der Waals surface area contributed by atoms with E-state index in [2.05, 4.69) is 32.6 Å². The highest BCUT2D eigenvalue weighted by atomic mass is 127. The Morgan fingerprint density at radius 1 is 1.40 bits per heavy atom. The van der Waals surface area contributed by atoms with Crippen LogP contribution in [-0.2, 0) is 11.3 Å². The topological polar surface area (TPSA) is 49.8 Å². The molecule has 1 aromatic rings. The number of rotatable bonds is 8. The van der Waals surface area contributed by atoms with Gasteiger partial charge in [-0.25, -0.2) is 4.98 Å². The summed E-state index contributed by atoms with van der Waals surface area (Å²) in [5, 5.41) is 6.75. The number of methoxy groups -OCH3 is 1. The number of hydrogen-bond acceptors (Lipinski definition) is 4. The Balaban J connectivity index is 0.00000225. The molecular weight excluding hydrogens is 447 g/mol. The quantitative estimate of drug-likeness (QED) is 0.350. The fourth-order valence-electron chi connectivity index (χ4n) is 3.36. The lowest BCUT2D eigenvalue weighted by atomic mass is 9.98. The van der Waals surface area contributed by atoms with Gasteiger partial charge in [0.05, 0.1) is 12.2 Å². The van der Waals surface area contributed by atoms with E-state index in [0.717, 1.165) is 47.5 Å². The molecule has 0 spiro atoms. The molecule has 1 atom stereocenters. The Kier molecular flexibility index (Phi) is 7.94. The molecule has 25 heavy (non-hydrogen) atoms. The molecule has 0 aromatic carbocycles. The fraction of sp³-hybridized carbons (Fsp3) is 0.778. The predicted octanol–water partition coefficient (Wildman–Crippen LogP) is 3.91. The second-order valence-electron chi connectivity index (χ2n) is 7.18. The van der Waals surface area contributed by atoms with Crippen LogP contribution in [0.1, 0.15) is 49.4 Å². The van der Waals surface area contributed by atoms with Crippen molar-refractivity contribution in [2.45, 2.75) is 45.3 Å². The number of nitrogens with zero attached hydrogens (tertiary/aromatic N) is 3. The standard InChI is InChI=1S/C18H30N4OS.HI/c1-12(23-4)17-21-15(11-24-17)10-22(3)18(19-2)20-9-16(13-5-6-13)14-7-8-14;/h11-14,16H,5-10H2,1-4H3,(H,19,20);1H. The van der Waals surface area contributed by atoms with Crippen LogP contribution in [0.4, 0.5) is 0 Å². The van der Waals surface area contributed by atoms with Crippen molar-refractivity contribution in [3.63, 3.8) is 0 Å². The molecule has 3 rings (SSSR count). The Bertz CT molecular complexity index is 559. The van der Waals surface area contributed by atoms with Crippen LogP contribution in [-0.4, -0.2) is 43.6 Å². The molecule has 0 saturated heterocycles. The van der Waals surface area contributed by atoms with Crippen LogP contribution in [0.15, 0.2) is 10.4 Å². The molecule has 0 amide bonds. The second-order valence-corrected chi connectivity index (χ2v) is 8.07. The first kappa shape index (κ1) is 20.9. The molecule has 142 valence electrons. The molecule has 0 radical (unpaired) electrons. The summed E-state index contributed by atoms with van der Waals surface area (Å²) in [5.41, 5.74) is 1.07. The molecular formula is C18H31IN4OS. The first-order chi connectivity index (χ1) is 11.6. The number of aromatic nitrogens is 1. The van der Waals surface area contributed by atoms with Gasteiger partial charge >= 0.3 is 0 Å². The van der Waals surface area contributed by atoms with Gasteiger partial charge in [-0.2, -0.15) is 0 Å². The van der Waals surface area contributed by atoms with Gasteiger partial charge in [0.2, 0.25) is 0 Å². The van der Waals surface area contributed by atoms with E-state index in [-0.39, 0.29) is 30.1 Å². The smallest absolute Gasteiger partial charge is 0.193 e. The van der Waals surface area contributed by atoms with Crippen molar-refractivity contribution in [3.05, 3.63) is 16.1 Å². The minimum absolute atomic E-state index is 0. The van der Waals surface area contributed by atoms with Crippen LogP contribution in [0.25, 0.3) is 0 Å². The molecule has 5 nitrogen and oxygen atoms in total. The molecule has 0 bridgehead atoms. The summed E-state index contributed by atoms with van der Waals surface area (Å²) in [6.07, 6.45) is 5.77. The number of halogens is 1. The van der Waals surface area contributed by atoms with E-state index in [4.69, 9.17) is 4.74 Å². The average Bonchev–Trinajstić information content (AvgIpc) is 3.51. The Morgan fingerprint density at radius 3 is 2.56 bits per heavy atom. The summed E-state index contributed by atoms with van der Waals surface area (Å²) in [6, 6.07) is 0. The Labute approximate surface area is 172 Å². The molecule has 7 heteroatoms. The molecule has 2 aliphatic rings. The number of thiazole rings is 1. The van der Waals surface area contributed by atoms with E-state index in [1.165, 1.54) is 25.7 Å². The van der Waals surface area contributed by atoms with E-state index in [1.807, 2.05) is 14.0 Å². The van der Waals surface area contributed by atoms with E-state index in [1.54, 1.807) is 18.4 Å². The lowest BCUT2D eigenvalue weighted by Gasteiger charge is -2.24. The van der Waals surface area contributed by atoms with E-state index in [9.17, 15) is 0 Å². The van der Waals surface area contributed by atoms with Gasteiger partial charge in [-0.15, -0.1) is 35.3 Å². The highest BCUT2D eigenvalue weighted by molar-refractivity contribution is 14.0. The number of nitrogens with one attached hydrogen (secondary N) is 1. The lowest BCUT2D eigenvalue weighted by molar-refractivity contribution is 0.119. The Hall–Kier alpha value is -0.410. The van der Waals surface area contributed by atoms with Crippen LogP contribution in [0, 0.1) is 17.8 Å². The van der Waals surface area contributed by atoms with E-state index in [0.29, 0.717) is 0 Å². The number of aliphatic imine (C=N–C) groups is 1. The monoisotopic (exact) mass is 478 g/mol. The average molecular weight is 478 g/mol. The number of hydrogen-bond donors (Lipinski definition) is 1. The maximum Gasteiger partial charge on any atom is 0.193 e. The van der Waals surface area contributed by atoms with Crippen molar-refractivity contribution in [2.75, 3.05) is 27.7 Å². The van der Waals surface area contributed by atoms with Crippen molar-refractivity contribution in [3.8, 4) is 0 Å². The zero-order valence-corrected chi connectivity index (χ0v) is 18.8. The van der Waals surface area contributed by atoms with Gasteiger partial charge in [0.25, 0.3) is 0 Å². The van der Waals surface area contributed by atoms with Crippen molar-refractivity contribution in [1.29, 1.82) is 0 Å². The van der Waals surface area contributed by atoms with Gasteiger partial charge in [0.1, 0.15) is 11.1 Å². The third kappa shape index (κ3) is 5.79. The lowest BCUT2D eigenvalue weighted by Crippen LogP contribution is -2.41. The summed E-state index contributed by atoms with van der Waals surface area (Å²) < 4.78 is 5.34. The Morgan fingerprint density at radius 2 is 2.04 bits per heavy atom. The van der Waals surface area contributed by atoms with Crippen LogP contribution in [0.2, 0.25) is 0 Å². The van der Waals surface area contributed by atoms with Gasteiger partial charge < -0.3 is 15.0 Å². The maximum absolute atomic E-state index is 5.34. The number of guanidine groups is 1. The van der Waals surface area contributed by atoms with Crippen LogP contribution in [0.5, 0.6) is 0 Å². The van der Waals surface area contributed by atoms with Gasteiger partial charge in [0.15, 0.2) is 5.96 Å². The normalized spacial score (nSPS) is 18.8. The molecule has 1 heterocycles. The van der Waals surface area contributed by atoms with E-state index < -0.39 is 0 Å². The predicted molar refractivity (Wildman–Crippen MR) is 115 cm³/mol. The summed E-state index contributed by atoms with van der Waals surface area (Å²) in [4.78, 5) is 11.3. The zero-order chi connectivity index (χ0) is 17.1. The third-order valence-corrected chi connectivity index (χ3v) is 6.25. The SMILES string of the molecule is CN=C(NCC(C1CC1)C1CC1)N(C)Cc1csc(C(C)OC)n1.I. The molecule has 1 N–H and O–H groups in total. The minimum atomic E-state index is 0. The molecule has 1 aromatic heterocycles. The highest BCUT2D eigenvalue weighted by Crippen LogP contribution is 2.48. The molecule has 2 saturated carbocycles. The minimum Gasteiger partial charge on any atom is -0.375 e. The summed E-state index contributed by atoms with van der Waals surface area (Å²) in [5.74, 6) is 3.74. The highest BCUT2D eigenvalue weighted by Gasteiger charge is 2.41. The van der Waals surface area contributed by atoms with Gasteiger partial charge in [-0.05, 0) is 50.4 Å². The van der Waals surface area contributed by atoms with E-state index >= 15 is 0 Å². The van der Waals surface area contributed by atoms with Crippen molar-refractivity contribution >= 4 is 41.3 Å². The largest absolute Gasteiger partial charge is 0.375 e. The summed E-state index contributed by atoms with van der Waals surface area (Å²) in [7, 11) is 5.67. The van der Waals surface area contributed by atoms with Gasteiger partial charge in [-0.3, -0.25) is 4.99 Å². The van der Waals surface area contributed by atoms with Crippen molar-refractivity contribution < 1.29 is 4.74 Å². The third-order valence-electron chi connectivity index (χ3n) is 5.19. The van der Waals surface area contributed by atoms with Crippen LogP contribution < -0.4 is 5.32 Å². The molecule has 1 unspecified atom stereocenters. The zero-order valence-electron chi connectivity index (χ0n) is 15.7. The molecule has 0 aliphatic heterocycles. The van der Waals surface area contributed by atoms with Crippen LogP contribution >= 0.6 is 35.3 Å². The molecule has 2 aliphatic carbocycles. The first-order valence-electron chi connectivity index (χ1n) is 9.01. The number of ether oxygens (including phenoxy) is 1. The van der Waals surface area contributed by atoms with Crippen molar-refractivity contribution in [2.24, 2.45) is 22.7 Å². The first-order valence-corrected chi connectivity index (χ1v) is 9.89. The fourth-order valence-corrected chi connectivity index (χ4v) is 4.20. The summed E-state index contributed by atoms with van der Waals surface area (Å²) >= 11 is 1.66. The maximum atomic E-state index is 5.34.